The van der Waals surface area contributed by atoms with Crippen molar-refractivity contribution in [1.82, 2.24) is 10.0 Å². The first kappa shape index (κ1) is 16.7. The van der Waals surface area contributed by atoms with E-state index in [9.17, 15) is 13.2 Å². The fraction of sp³-hybridized carbons (Fsp3) is 0.500. The lowest BCUT2D eigenvalue weighted by Crippen LogP contribution is -2.34. The van der Waals surface area contributed by atoms with Gasteiger partial charge in [-0.2, -0.15) is 0 Å². The van der Waals surface area contributed by atoms with E-state index in [0.717, 1.165) is 18.4 Å². The molecule has 0 aromatic heterocycles. The summed E-state index contributed by atoms with van der Waals surface area (Å²) < 4.78 is 26.3. The number of amides is 1. The van der Waals surface area contributed by atoms with Gasteiger partial charge in [-0.25, -0.2) is 13.1 Å². The van der Waals surface area contributed by atoms with Gasteiger partial charge >= 0.3 is 0 Å². The highest BCUT2D eigenvalue weighted by molar-refractivity contribution is 7.89. The first-order chi connectivity index (χ1) is 9.45. The molecule has 0 atom stereocenters. The number of hydrogen-bond acceptors (Lipinski definition) is 3. The van der Waals surface area contributed by atoms with Crippen LogP contribution in [0.15, 0.2) is 29.2 Å². The first-order valence-corrected chi connectivity index (χ1v) is 8.27. The molecule has 0 aliphatic heterocycles. The van der Waals surface area contributed by atoms with Crippen LogP contribution in [0.2, 0.25) is 0 Å². The predicted octanol–water partition coefficient (Wildman–Crippen LogP) is 1.58. The van der Waals surface area contributed by atoms with Crippen molar-refractivity contribution in [2.24, 2.45) is 0 Å². The van der Waals surface area contributed by atoms with Crippen molar-refractivity contribution in [2.75, 3.05) is 13.1 Å². The monoisotopic (exact) mass is 298 g/mol. The molecule has 0 unspecified atom stereocenters. The molecule has 0 fully saturated rings. The second-order valence-electron chi connectivity index (χ2n) is 4.66. The minimum atomic E-state index is -3.49. The summed E-state index contributed by atoms with van der Waals surface area (Å²) in [5.74, 6) is -0.0404. The number of benzene rings is 1. The number of nitrogens with one attached hydrogen (secondary N) is 2. The lowest BCUT2D eigenvalue weighted by Gasteiger charge is -2.08. The number of sulfonamides is 1. The molecule has 6 heteroatoms. The molecule has 0 spiro atoms. The zero-order valence-corrected chi connectivity index (χ0v) is 12.8. The smallest absolute Gasteiger partial charge is 0.240 e. The number of rotatable bonds is 8. The molecular weight excluding hydrogens is 276 g/mol. The van der Waals surface area contributed by atoms with Gasteiger partial charge in [-0.15, -0.1) is 0 Å². The quantitative estimate of drug-likeness (QED) is 0.716. The van der Waals surface area contributed by atoms with Crippen LogP contribution in [0.5, 0.6) is 0 Å². The van der Waals surface area contributed by atoms with Gasteiger partial charge in [0.05, 0.1) is 4.90 Å². The maximum atomic E-state index is 11.9. The standard InChI is InChI=1S/C14H22N2O3S/c1-3-4-5-14(17)15-10-11-16-20(18,19)13-8-6-12(2)7-9-13/h6-9,16H,3-5,10-11H2,1-2H3,(H,15,17). The average Bonchev–Trinajstić information content (AvgIpc) is 2.42. The van der Waals surface area contributed by atoms with Crippen LogP contribution in [0, 0.1) is 6.92 Å². The van der Waals surface area contributed by atoms with Crippen molar-refractivity contribution < 1.29 is 13.2 Å². The van der Waals surface area contributed by atoms with E-state index in [-0.39, 0.29) is 17.3 Å². The van der Waals surface area contributed by atoms with Crippen molar-refractivity contribution in [3.8, 4) is 0 Å². The molecule has 0 saturated carbocycles. The van der Waals surface area contributed by atoms with E-state index in [2.05, 4.69) is 10.0 Å². The molecule has 0 aliphatic carbocycles. The summed E-state index contributed by atoms with van der Waals surface area (Å²) in [5, 5.41) is 2.68. The third-order valence-corrected chi connectivity index (χ3v) is 4.30. The van der Waals surface area contributed by atoms with Crippen LogP contribution in [-0.4, -0.2) is 27.4 Å². The van der Waals surface area contributed by atoms with Crippen molar-refractivity contribution in [3.05, 3.63) is 29.8 Å². The normalized spacial score (nSPS) is 11.3. The van der Waals surface area contributed by atoms with Crippen molar-refractivity contribution in [2.45, 2.75) is 38.0 Å². The van der Waals surface area contributed by atoms with E-state index in [0.29, 0.717) is 13.0 Å². The topological polar surface area (TPSA) is 75.3 Å². The molecule has 0 saturated heterocycles. The van der Waals surface area contributed by atoms with E-state index in [1.54, 1.807) is 24.3 Å². The minimum absolute atomic E-state index is 0.0404. The molecule has 1 aromatic rings. The van der Waals surface area contributed by atoms with E-state index in [4.69, 9.17) is 0 Å². The molecular formula is C14H22N2O3S. The van der Waals surface area contributed by atoms with Crippen LogP contribution in [0.25, 0.3) is 0 Å². The summed E-state index contributed by atoms with van der Waals surface area (Å²) in [6.45, 7) is 4.40. The van der Waals surface area contributed by atoms with Crippen LogP contribution in [0.4, 0.5) is 0 Å². The number of carbonyl (C=O) groups excluding carboxylic acids is 1. The Labute approximate surface area is 120 Å². The Bertz CT molecular complexity index is 524. The van der Waals surface area contributed by atoms with Gasteiger partial charge < -0.3 is 5.32 Å². The highest BCUT2D eigenvalue weighted by Crippen LogP contribution is 2.09. The second kappa shape index (κ2) is 8.01. The molecule has 5 nitrogen and oxygen atoms in total. The molecule has 1 amide bonds. The first-order valence-electron chi connectivity index (χ1n) is 6.78. The third kappa shape index (κ3) is 5.71. The molecule has 0 aliphatic rings. The average molecular weight is 298 g/mol. The molecule has 1 rings (SSSR count). The van der Waals surface area contributed by atoms with Crippen molar-refractivity contribution in [3.63, 3.8) is 0 Å². The molecule has 0 bridgehead atoms. The zero-order valence-electron chi connectivity index (χ0n) is 12.0. The van der Waals surface area contributed by atoms with Gasteiger partial charge in [-0.3, -0.25) is 4.79 Å². The third-order valence-electron chi connectivity index (χ3n) is 2.83. The summed E-state index contributed by atoms with van der Waals surface area (Å²) in [4.78, 5) is 11.6. The Morgan fingerprint density at radius 1 is 1.15 bits per heavy atom. The van der Waals surface area contributed by atoms with Crippen molar-refractivity contribution in [1.29, 1.82) is 0 Å². The lowest BCUT2D eigenvalue weighted by atomic mass is 10.2. The van der Waals surface area contributed by atoms with E-state index in [1.165, 1.54) is 0 Å². The maximum absolute atomic E-state index is 11.9. The fourth-order valence-corrected chi connectivity index (χ4v) is 2.65. The summed E-state index contributed by atoms with van der Waals surface area (Å²) in [6, 6.07) is 6.64. The Morgan fingerprint density at radius 2 is 1.80 bits per heavy atom. The molecule has 20 heavy (non-hydrogen) atoms. The molecule has 0 radical (unpaired) electrons. The zero-order chi connectivity index (χ0) is 15.0. The fourth-order valence-electron chi connectivity index (χ4n) is 1.61. The van der Waals surface area contributed by atoms with Crippen LogP contribution in [0.3, 0.4) is 0 Å². The van der Waals surface area contributed by atoms with Gasteiger partial charge in [-0.1, -0.05) is 31.0 Å². The van der Waals surface area contributed by atoms with Crippen LogP contribution < -0.4 is 10.0 Å². The summed E-state index contributed by atoms with van der Waals surface area (Å²) >= 11 is 0. The van der Waals surface area contributed by atoms with Crippen LogP contribution >= 0.6 is 0 Å². The van der Waals surface area contributed by atoms with Gasteiger partial charge in [0, 0.05) is 19.5 Å². The van der Waals surface area contributed by atoms with Crippen molar-refractivity contribution >= 4 is 15.9 Å². The van der Waals surface area contributed by atoms with Gasteiger partial charge in [-0.05, 0) is 25.5 Å². The number of hydrogen-bond donors (Lipinski definition) is 2. The Balaban J connectivity index is 2.37. The number of aryl methyl sites for hydroxylation is 1. The summed E-state index contributed by atoms with van der Waals surface area (Å²) in [6.07, 6.45) is 2.30. The molecule has 112 valence electrons. The Kier molecular flexibility index (Phi) is 6.67. The van der Waals surface area contributed by atoms with Crippen LogP contribution in [-0.2, 0) is 14.8 Å². The van der Waals surface area contributed by atoms with E-state index >= 15 is 0 Å². The van der Waals surface area contributed by atoms with Crippen LogP contribution in [0.1, 0.15) is 31.7 Å². The molecule has 2 N–H and O–H groups in total. The highest BCUT2D eigenvalue weighted by atomic mass is 32.2. The molecule has 0 heterocycles. The number of unbranched alkanes of at least 4 members (excludes halogenated alkanes) is 1. The van der Waals surface area contributed by atoms with Gasteiger partial charge in [0.1, 0.15) is 0 Å². The van der Waals surface area contributed by atoms with E-state index < -0.39 is 10.0 Å². The predicted molar refractivity (Wildman–Crippen MR) is 78.9 cm³/mol. The second-order valence-corrected chi connectivity index (χ2v) is 6.43. The molecule has 1 aromatic carbocycles. The maximum Gasteiger partial charge on any atom is 0.240 e. The lowest BCUT2D eigenvalue weighted by molar-refractivity contribution is -0.121. The Morgan fingerprint density at radius 3 is 2.40 bits per heavy atom. The Hall–Kier alpha value is -1.40. The van der Waals surface area contributed by atoms with E-state index in [1.807, 2.05) is 13.8 Å². The minimum Gasteiger partial charge on any atom is -0.355 e. The van der Waals surface area contributed by atoms with Gasteiger partial charge in [0.15, 0.2) is 0 Å². The highest BCUT2D eigenvalue weighted by Gasteiger charge is 2.12. The van der Waals surface area contributed by atoms with Gasteiger partial charge in [0.2, 0.25) is 15.9 Å². The largest absolute Gasteiger partial charge is 0.355 e. The number of carbonyl (C=O) groups is 1. The van der Waals surface area contributed by atoms with Gasteiger partial charge in [0.25, 0.3) is 0 Å². The summed E-state index contributed by atoms with van der Waals surface area (Å²) in [7, 11) is -3.49. The SMILES string of the molecule is CCCCC(=O)NCCNS(=O)(=O)c1ccc(C)cc1. The summed E-state index contributed by atoms with van der Waals surface area (Å²) in [5.41, 5.74) is 1.01.